The summed E-state index contributed by atoms with van der Waals surface area (Å²) in [5.74, 6) is -0.942. The van der Waals surface area contributed by atoms with Crippen LogP contribution in [0.2, 0.25) is 0 Å². The Hall–Kier alpha value is -2.58. The van der Waals surface area contributed by atoms with Gasteiger partial charge < -0.3 is 15.8 Å². The number of carbonyl (C=O) groups is 3. The number of ether oxygens (including phenoxy) is 1. The zero-order valence-corrected chi connectivity index (χ0v) is 14.5. The number of hydrogen-bond acceptors (Lipinski definition) is 7. The fourth-order valence-corrected chi connectivity index (χ4v) is 2.78. The lowest BCUT2D eigenvalue weighted by Gasteiger charge is -2.12. The lowest BCUT2D eigenvalue weighted by molar-refractivity contribution is -0.140. The molecule has 0 radical (unpaired) electrons. The average Bonchev–Trinajstić information content (AvgIpc) is 3.14. The van der Waals surface area contributed by atoms with Crippen LogP contribution in [-0.2, 0) is 20.7 Å². The Labute approximate surface area is 149 Å². The van der Waals surface area contributed by atoms with Crippen LogP contribution >= 0.6 is 11.3 Å². The summed E-state index contributed by atoms with van der Waals surface area (Å²) in [6.45, 7) is 0. The molecule has 0 saturated heterocycles. The van der Waals surface area contributed by atoms with Crippen LogP contribution in [0.25, 0.3) is 0 Å². The Morgan fingerprint density at radius 2 is 2.16 bits per heavy atom. The molecule has 2 aromatic heterocycles. The number of ketones is 1. The number of anilines is 1. The van der Waals surface area contributed by atoms with Crippen molar-refractivity contribution in [2.24, 2.45) is 5.73 Å². The molecule has 0 spiro atoms. The van der Waals surface area contributed by atoms with Gasteiger partial charge in [0, 0.05) is 19.0 Å². The first kappa shape index (κ1) is 18.8. The Bertz CT molecular complexity index is 746. The number of nitrogens with zero attached hydrogens (tertiary/aromatic N) is 1. The minimum atomic E-state index is -0.951. The van der Waals surface area contributed by atoms with E-state index in [1.54, 1.807) is 29.8 Å². The number of thiophene rings is 1. The molecule has 0 aliphatic heterocycles. The first-order chi connectivity index (χ1) is 12.0. The van der Waals surface area contributed by atoms with Crippen LogP contribution in [0, 0.1) is 0 Å². The molecule has 1 unspecified atom stereocenters. The molecule has 2 rings (SSSR count). The topological polar surface area (TPSA) is 111 Å². The number of amides is 1. The van der Waals surface area contributed by atoms with Crippen LogP contribution in [0.4, 0.5) is 5.69 Å². The first-order valence-electron chi connectivity index (χ1n) is 7.63. The average molecular weight is 361 g/mol. The van der Waals surface area contributed by atoms with Crippen molar-refractivity contribution in [3.63, 3.8) is 0 Å². The van der Waals surface area contributed by atoms with Gasteiger partial charge in [0.25, 0.3) is 0 Å². The maximum absolute atomic E-state index is 12.2. The number of carbonyl (C=O) groups excluding carboxylic acids is 3. The molecule has 0 bridgehead atoms. The molecule has 1 amide bonds. The number of nitrogens with two attached hydrogens (primary N) is 1. The van der Waals surface area contributed by atoms with Crippen LogP contribution in [-0.4, -0.2) is 35.8 Å². The summed E-state index contributed by atoms with van der Waals surface area (Å²) in [5.41, 5.74) is 7.06. The number of Topliss-reactive ketones (excluding diaryl/α,β-unsaturated/α-hetero) is 1. The van der Waals surface area contributed by atoms with E-state index in [0.717, 1.165) is 5.56 Å². The van der Waals surface area contributed by atoms with Gasteiger partial charge in [0.05, 0.1) is 29.9 Å². The van der Waals surface area contributed by atoms with E-state index >= 15 is 0 Å². The standard InChI is InChI=1S/C17H19N3O4S/c1-24-16(22)5-4-11-7-12(10-19-9-11)20-17(23)13(18)8-14(21)15-3-2-6-25-15/h2-3,6-7,9-10,13H,4-5,8,18H2,1H3,(H,20,23). The number of aryl methyl sites for hydroxylation is 1. The van der Waals surface area contributed by atoms with Gasteiger partial charge in [-0.3, -0.25) is 19.4 Å². The SMILES string of the molecule is COC(=O)CCc1cncc(NC(=O)C(N)CC(=O)c2cccs2)c1. The van der Waals surface area contributed by atoms with Crippen molar-refractivity contribution >= 4 is 34.7 Å². The van der Waals surface area contributed by atoms with Gasteiger partial charge in [-0.1, -0.05) is 6.07 Å². The maximum Gasteiger partial charge on any atom is 0.305 e. The largest absolute Gasteiger partial charge is 0.469 e. The van der Waals surface area contributed by atoms with Crippen molar-refractivity contribution in [3.8, 4) is 0 Å². The zero-order valence-electron chi connectivity index (χ0n) is 13.7. The van der Waals surface area contributed by atoms with Gasteiger partial charge in [-0.15, -0.1) is 11.3 Å². The third-order valence-corrected chi connectivity index (χ3v) is 4.36. The minimum absolute atomic E-state index is 0.0677. The van der Waals surface area contributed by atoms with E-state index < -0.39 is 11.9 Å². The van der Waals surface area contributed by atoms with Gasteiger partial charge in [0.1, 0.15) is 0 Å². The van der Waals surface area contributed by atoms with Gasteiger partial charge in [0.2, 0.25) is 5.91 Å². The molecule has 1 atom stereocenters. The summed E-state index contributed by atoms with van der Waals surface area (Å²) in [7, 11) is 1.33. The van der Waals surface area contributed by atoms with Crippen molar-refractivity contribution < 1.29 is 19.1 Å². The summed E-state index contributed by atoms with van der Waals surface area (Å²) in [4.78, 5) is 39.9. The van der Waals surface area contributed by atoms with Crippen molar-refractivity contribution in [2.45, 2.75) is 25.3 Å². The van der Waals surface area contributed by atoms with Gasteiger partial charge in [0.15, 0.2) is 5.78 Å². The Balaban J connectivity index is 1.91. The predicted octanol–water partition coefficient (Wildman–Crippen LogP) is 1.79. The first-order valence-corrected chi connectivity index (χ1v) is 8.51. The van der Waals surface area contributed by atoms with E-state index in [1.807, 2.05) is 0 Å². The van der Waals surface area contributed by atoms with Gasteiger partial charge in [-0.05, 0) is 29.5 Å². The molecule has 25 heavy (non-hydrogen) atoms. The third-order valence-electron chi connectivity index (χ3n) is 3.45. The molecule has 7 nitrogen and oxygen atoms in total. The highest BCUT2D eigenvalue weighted by Gasteiger charge is 2.19. The van der Waals surface area contributed by atoms with E-state index in [2.05, 4.69) is 15.0 Å². The number of nitrogens with one attached hydrogen (secondary N) is 1. The van der Waals surface area contributed by atoms with Crippen molar-refractivity contribution in [2.75, 3.05) is 12.4 Å². The molecular formula is C17H19N3O4S. The Kier molecular flexibility index (Phi) is 6.79. The van der Waals surface area contributed by atoms with Crippen molar-refractivity contribution in [3.05, 3.63) is 46.4 Å². The van der Waals surface area contributed by atoms with E-state index in [4.69, 9.17) is 5.73 Å². The normalized spacial score (nSPS) is 11.6. The van der Waals surface area contributed by atoms with Crippen LogP contribution in [0.3, 0.4) is 0 Å². The highest BCUT2D eigenvalue weighted by molar-refractivity contribution is 7.12. The molecule has 0 saturated carbocycles. The molecule has 0 aliphatic rings. The monoisotopic (exact) mass is 361 g/mol. The third kappa shape index (κ3) is 5.77. The smallest absolute Gasteiger partial charge is 0.305 e. The number of pyridine rings is 1. The summed E-state index contributed by atoms with van der Waals surface area (Å²) < 4.78 is 4.59. The zero-order chi connectivity index (χ0) is 18.2. The summed E-state index contributed by atoms with van der Waals surface area (Å²) in [6.07, 6.45) is 3.70. The summed E-state index contributed by atoms with van der Waals surface area (Å²) >= 11 is 1.32. The molecule has 2 aromatic rings. The van der Waals surface area contributed by atoms with Crippen LogP contribution in [0.15, 0.2) is 36.0 Å². The number of hydrogen-bond donors (Lipinski definition) is 2. The fraction of sp³-hybridized carbons (Fsp3) is 0.294. The van der Waals surface area contributed by atoms with Gasteiger partial charge in [-0.2, -0.15) is 0 Å². The minimum Gasteiger partial charge on any atom is -0.469 e. The Morgan fingerprint density at radius 1 is 1.36 bits per heavy atom. The predicted molar refractivity (Wildman–Crippen MR) is 94.4 cm³/mol. The number of rotatable bonds is 8. The highest BCUT2D eigenvalue weighted by atomic mass is 32.1. The van der Waals surface area contributed by atoms with Crippen molar-refractivity contribution in [1.82, 2.24) is 4.98 Å². The molecule has 0 aliphatic carbocycles. The van der Waals surface area contributed by atoms with E-state index in [-0.39, 0.29) is 24.6 Å². The number of aromatic nitrogens is 1. The molecule has 132 valence electrons. The van der Waals surface area contributed by atoms with E-state index in [1.165, 1.54) is 24.6 Å². The number of methoxy groups -OCH3 is 1. The van der Waals surface area contributed by atoms with E-state index in [9.17, 15) is 14.4 Å². The second-order valence-electron chi connectivity index (χ2n) is 5.36. The lowest BCUT2D eigenvalue weighted by atomic mass is 10.1. The van der Waals surface area contributed by atoms with Gasteiger partial charge in [-0.25, -0.2) is 0 Å². The Morgan fingerprint density at radius 3 is 2.84 bits per heavy atom. The second-order valence-corrected chi connectivity index (χ2v) is 6.31. The maximum atomic E-state index is 12.2. The second kappa shape index (κ2) is 9.05. The quantitative estimate of drug-likeness (QED) is 0.548. The molecule has 3 N–H and O–H groups in total. The van der Waals surface area contributed by atoms with Crippen LogP contribution in [0.5, 0.6) is 0 Å². The molecule has 8 heteroatoms. The highest BCUT2D eigenvalue weighted by Crippen LogP contribution is 2.14. The molecular weight excluding hydrogens is 342 g/mol. The molecule has 0 fully saturated rings. The number of esters is 1. The van der Waals surface area contributed by atoms with Gasteiger partial charge >= 0.3 is 5.97 Å². The molecule has 0 aromatic carbocycles. The summed E-state index contributed by atoms with van der Waals surface area (Å²) in [6, 6.07) is 4.23. The fourth-order valence-electron chi connectivity index (χ4n) is 2.11. The van der Waals surface area contributed by atoms with E-state index in [0.29, 0.717) is 17.0 Å². The van der Waals surface area contributed by atoms with Crippen LogP contribution in [0.1, 0.15) is 28.1 Å². The lowest BCUT2D eigenvalue weighted by Crippen LogP contribution is -2.37. The van der Waals surface area contributed by atoms with Crippen molar-refractivity contribution in [1.29, 1.82) is 0 Å². The van der Waals surface area contributed by atoms with Crippen LogP contribution < -0.4 is 11.1 Å². The molecule has 2 heterocycles. The summed E-state index contributed by atoms with van der Waals surface area (Å²) in [5, 5.41) is 4.44.